The molecule has 0 spiro atoms. The van der Waals surface area contributed by atoms with E-state index in [-0.39, 0.29) is 28.9 Å². The summed E-state index contributed by atoms with van der Waals surface area (Å²) in [4.78, 5) is 22.9. The molecule has 0 saturated carbocycles. The first-order valence-corrected chi connectivity index (χ1v) is 11.3. The van der Waals surface area contributed by atoms with E-state index in [9.17, 15) is 20.2 Å². The molecule has 0 fully saturated rings. The third-order valence-electron chi connectivity index (χ3n) is 4.87. The predicted molar refractivity (Wildman–Crippen MR) is 133 cm³/mol. The lowest BCUT2D eigenvalue weighted by molar-refractivity contribution is -0.384. The van der Waals surface area contributed by atoms with Crippen LogP contribution in [-0.4, -0.2) is 10.8 Å². The van der Waals surface area contributed by atoms with Gasteiger partial charge in [-0.3, -0.25) is 14.9 Å². The lowest BCUT2D eigenvalue weighted by Crippen LogP contribution is -2.27. The molecule has 3 rings (SSSR count). The summed E-state index contributed by atoms with van der Waals surface area (Å²) >= 11 is 9.79. The van der Waals surface area contributed by atoms with Gasteiger partial charge in [0.05, 0.1) is 20.5 Å². The number of nitrogens with zero attached hydrogens (tertiary/aromatic N) is 2. The molecule has 1 amide bonds. The zero-order valence-electron chi connectivity index (χ0n) is 18.0. The molecule has 0 heterocycles. The lowest BCUT2D eigenvalue weighted by atomic mass is 10.1. The van der Waals surface area contributed by atoms with Crippen LogP contribution in [0.2, 0.25) is 5.02 Å². The van der Waals surface area contributed by atoms with Crippen molar-refractivity contribution in [1.82, 2.24) is 5.32 Å². The molecule has 9 heteroatoms. The van der Waals surface area contributed by atoms with Crippen molar-refractivity contribution in [3.8, 4) is 11.8 Å². The molecule has 3 aromatic carbocycles. The van der Waals surface area contributed by atoms with Gasteiger partial charge in [-0.15, -0.1) is 0 Å². The molecule has 1 atom stereocenters. The molecular formula is C25H19BrClN3O4. The van der Waals surface area contributed by atoms with Gasteiger partial charge in [-0.2, -0.15) is 5.26 Å². The maximum absolute atomic E-state index is 12.6. The number of nitro groups is 1. The average Bonchev–Trinajstić information content (AvgIpc) is 2.82. The van der Waals surface area contributed by atoms with Crippen LogP contribution in [0, 0.1) is 21.4 Å². The molecular weight excluding hydrogens is 522 g/mol. The second-order valence-electron chi connectivity index (χ2n) is 7.30. The molecule has 34 heavy (non-hydrogen) atoms. The molecule has 172 valence electrons. The van der Waals surface area contributed by atoms with E-state index in [1.165, 1.54) is 18.2 Å². The van der Waals surface area contributed by atoms with E-state index in [2.05, 4.69) is 21.2 Å². The first-order valence-electron chi connectivity index (χ1n) is 10.1. The Morgan fingerprint density at radius 2 is 1.91 bits per heavy atom. The van der Waals surface area contributed by atoms with Crippen LogP contribution in [0.25, 0.3) is 6.08 Å². The normalized spacial score (nSPS) is 11.9. The van der Waals surface area contributed by atoms with Gasteiger partial charge in [-0.05, 0) is 69.9 Å². The van der Waals surface area contributed by atoms with Gasteiger partial charge < -0.3 is 10.1 Å². The van der Waals surface area contributed by atoms with Crippen molar-refractivity contribution in [1.29, 1.82) is 5.26 Å². The van der Waals surface area contributed by atoms with E-state index < -0.39 is 10.8 Å². The van der Waals surface area contributed by atoms with E-state index in [1.54, 1.807) is 24.3 Å². The fourth-order valence-corrected chi connectivity index (χ4v) is 4.07. The Balaban J connectivity index is 1.72. The number of nitriles is 1. The van der Waals surface area contributed by atoms with E-state index in [0.717, 1.165) is 11.1 Å². The molecule has 0 aromatic heterocycles. The van der Waals surface area contributed by atoms with Gasteiger partial charge in [0.25, 0.3) is 11.6 Å². The van der Waals surface area contributed by atoms with Crippen molar-refractivity contribution in [2.45, 2.75) is 19.6 Å². The zero-order valence-corrected chi connectivity index (χ0v) is 20.3. The van der Waals surface area contributed by atoms with Crippen LogP contribution in [0.15, 0.2) is 76.8 Å². The first-order chi connectivity index (χ1) is 16.3. The van der Waals surface area contributed by atoms with E-state index in [4.69, 9.17) is 16.3 Å². The Kier molecular flexibility index (Phi) is 8.41. The Labute approximate surface area is 209 Å². The molecule has 0 aliphatic rings. The third kappa shape index (κ3) is 6.44. The average molecular weight is 541 g/mol. The predicted octanol–water partition coefficient (Wildman–Crippen LogP) is 6.37. The maximum Gasteiger partial charge on any atom is 0.269 e. The van der Waals surface area contributed by atoms with E-state index >= 15 is 0 Å². The van der Waals surface area contributed by atoms with E-state index in [0.29, 0.717) is 15.8 Å². The van der Waals surface area contributed by atoms with Crippen LogP contribution < -0.4 is 10.1 Å². The number of nitrogens with one attached hydrogen (secondary N) is 1. The summed E-state index contributed by atoms with van der Waals surface area (Å²) in [6.07, 6.45) is 1.45. The summed E-state index contributed by atoms with van der Waals surface area (Å²) in [6, 6.07) is 20.4. The summed E-state index contributed by atoms with van der Waals surface area (Å²) in [6.45, 7) is 1.99. The van der Waals surface area contributed by atoms with Crippen LogP contribution in [0.1, 0.15) is 29.7 Å². The van der Waals surface area contributed by atoms with Gasteiger partial charge in [0, 0.05) is 12.1 Å². The number of halogens is 2. The molecule has 0 aliphatic carbocycles. The second kappa shape index (κ2) is 11.5. The first kappa shape index (κ1) is 25.0. The monoisotopic (exact) mass is 539 g/mol. The van der Waals surface area contributed by atoms with Gasteiger partial charge in [0.1, 0.15) is 18.2 Å². The highest BCUT2D eigenvalue weighted by Crippen LogP contribution is 2.36. The minimum atomic E-state index is -0.496. The number of rotatable bonds is 8. The van der Waals surface area contributed by atoms with E-state index in [1.807, 2.05) is 43.3 Å². The topological polar surface area (TPSA) is 105 Å². The van der Waals surface area contributed by atoms with Gasteiger partial charge >= 0.3 is 0 Å². The quantitative estimate of drug-likeness (QED) is 0.155. The third-order valence-corrected chi connectivity index (χ3v) is 5.74. The Bertz CT molecular complexity index is 1250. The van der Waals surface area contributed by atoms with Crippen molar-refractivity contribution in [3.63, 3.8) is 0 Å². The van der Waals surface area contributed by atoms with Crippen molar-refractivity contribution < 1.29 is 14.5 Å². The summed E-state index contributed by atoms with van der Waals surface area (Å²) in [5.74, 6) is -0.123. The smallest absolute Gasteiger partial charge is 0.269 e. The molecule has 0 saturated heterocycles. The highest BCUT2D eigenvalue weighted by atomic mass is 79.9. The summed E-state index contributed by atoms with van der Waals surface area (Å²) in [5.41, 5.74) is 2.13. The number of benzene rings is 3. The maximum atomic E-state index is 12.6. The van der Waals surface area contributed by atoms with Crippen molar-refractivity contribution in [2.24, 2.45) is 0 Å². The van der Waals surface area contributed by atoms with Crippen molar-refractivity contribution >= 4 is 45.2 Å². The molecule has 7 nitrogen and oxygen atoms in total. The standard InChI is InChI=1S/C25H19BrClN3O4/c1-16(19-5-3-2-4-6-19)29-25(31)20(14-28)11-18-12-22(26)24(23(27)13-18)34-15-17-7-9-21(10-8-17)30(32)33/h2-13,16H,15H2,1H3,(H,29,31)/b20-11-/t16-/m1/s1. The molecule has 3 aromatic rings. The van der Waals surface area contributed by atoms with Crippen molar-refractivity contribution in [2.75, 3.05) is 0 Å². The summed E-state index contributed by atoms with van der Waals surface area (Å²) in [7, 11) is 0. The van der Waals surface area contributed by atoms with Crippen LogP contribution in [-0.2, 0) is 11.4 Å². The highest BCUT2D eigenvalue weighted by molar-refractivity contribution is 9.10. The fourth-order valence-electron chi connectivity index (χ4n) is 3.08. The van der Waals surface area contributed by atoms with Gasteiger partial charge in [-0.1, -0.05) is 41.9 Å². The summed E-state index contributed by atoms with van der Waals surface area (Å²) in [5, 5.41) is 23.4. The number of ether oxygens (including phenoxy) is 1. The number of carbonyl (C=O) groups is 1. The molecule has 0 unspecified atom stereocenters. The number of carbonyl (C=O) groups excluding carboxylic acids is 1. The van der Waals surface area contributed by atoms with Gasteiger partial charge in [0.2, 0.25) is 0 Å². The van der Waals surface area contributed by atoms with Crippen LogP contribution >= 0.6 is 27.5 Å². The SMILES string of the molecule is C[C@@H](NC(=O)/C(C#N)=C\c1cc(Cl)c(OCc2ccc([N+](=O)[O-])cc2)c(Br)c1)c1ccccc1. The number of amides is 1. The summed E-state index contributed by atoms with van der Waals surface area (Å²) < 4.78 is 6.31. The fraction of sp³-hybridized carbons (Fsp3) is 0.120. The Morgan fingerprint density at radius 3 is 2.50 bits per heavy atom. The minimum absolute atomic E-state index is 0.00500. The Morgan fingerprint density at radius 1 is 1.24 bits per heavy atom. The molecule has 1 N–H and O–H groups in total. The van der Waals surface area contributed by atoms with Crippen LogP contribution in [0.3, 0.4) is 0 Å². The van der Waals surface area contributed by atoms with Crippen LogP contribution in [0.4, 0.5) is 5.69 Å². The van der Waals surface area contributed by atoms with Gasteiger partial charge in [0.15, 0.2) is 5.75 Å². The molecule has 0 bridgehead atoms. The zero-order chi connectivity index (χ0) is 24.7. The number of hydrogen-bond acceptors (Lipinski definition) is 5. The Hall–Kier alpha value is -3.67. The number of non-ortho nitro benzene ring substituents is 1. The van der Waals surface area contributed by atoms with Gasteiger partial charge in [-0.25, -0.2) is 0 Å². The highest BCUT2D eigenvalue weighted by Gasteiger charge is 2.15. The minimum Gasteiger partial charge on any atom is -0.486 e. The van der Waals surface area contributed by atoms with Crippen LogP contribution in [0.5, 0.6) is 5.75 Å². The second-order valence-corrected chi connectivity index (χ2v) is 8.56. The van der Waals surface area contributed by atoms with Crippen molar-refractivity contribution in [3.05, 3.63) is 109 Å². The molecule has 0 radical (unpaired) electrons. The largest absolute Gasteiger partial charge is 0.486 e. The molecule has 0 aliphatic heterocycles. The lowest BCUT2D eigenvalue weighted by Gasteiger charge is -2.14. The number of nitro benzene ring substituents is 1. The number of hydrogen-bond donors (Lipinski definition) is 1.